The molecule has 204 valence electrons. The molecule has 1 aliphatic rings. The van der Waals surface area contributed by atoms with Gasteiger partial charge in [-0.05, 0) is 148 Å². The maximum atomic E-state index is 13.3. The van der Waals surface area contributed by atoms with Crippen LogP contribution in [0.1, 0.15) is 36.0 Å². The highest BCUT2D eigenvalue weighted by molar-refractivity contribution is 14.1. The van der Waals surface area contributed by atoms with E-state index in [1.165, 1.54) is 9.79 Å². The average molecular weight is 887 g/mol. The Morgan fingerprint density at radius 2 is 1.23 bits per heavy atom. The number of halogens is 3. The van der Waals surface area contributed by atoms with Crippen molar-refractivity contribution in [1.82, 2.24) is 0 Å². The van der Waals surface area contributed by atoms with Crippen molar-refractivity contribution in [2.24, 2.45) is 5.92 Å². The number of esters is 2. The molecule has 5 rings (SSSR count). The van der Waals surface area contributed by atoms with E-state index in [1.807, 2.05) is 48.5 Å². The first-order valence-corrected chi connectivity index (χ1v) is 17.4. The van der Waals surface area contributed by atoms with Gasteiger partial charge in [0.15, 0.2) is 14.7 Å². The lowest BCUT2D eigenvalue weighted by atomic mass is 9.86. The number of rotatable bonds is 7. The number of carbonyl (C=O) groups is 2. The molecule has 1 fully saturated rings. The second-order valence-corrected chi connectivity index (χ2v) is 14.8. The molecule has 0 N–H and O–H groups in total. The lowest BCUT2D eigenvalue weighted by molar-refractivity contribution is -0.144. The molecular weight excluding hydrogens is 861 g/mol. The number of carbonyl (C=O) groups excluding carboxylic acids is 2. The largest absolute Gasteiger partial charge is 0.458 e. The van der Waals surface area contributed by atoms with Gasteiger partial charge in [-0.25, -0.2) is 4.79 Å². The van der Waals surface area contributed by atoms with Gasteiger partial charge in [-0.1, -0.05) is 42.8 Å². The molecule has 40 heavy (non-hydrogen) atoms. The van der Waals surface area contributed by atoms with Crippen molar-refractivity contribution in [3.05, 3.63) is 113 Å². The molecule has 0 saturated heterocycles. The van der Waals surface area contributed by atoms with E-state index < -0.39 is 12.0 Å². The van der Waals surface area contributed by atoms with Crippen LogP contribution < -0.4 is 4.74 Å². The highest BCUT2D eigenvalue weighted by atomic mass is 127. The first-order chi connectivity index (χ1) is 19.4. The van der Waals surface area contributed by atoms with Crippen molar-refractivity contribution >= 4 is 90.6 Å². The van der Waals surface area contributed by atoms with Gasteiger partial charge in [-0.15, -0.1) is 0 Å². The fraction of sp³-hybridized carbons (Fsp3) is 0.188. The SMILES string of the molecule is O=C(OC1CCCCC1C(=O)Oc1ccc([S+](c2ccccc2)c2ccccc2)cc1)c1c(I)ccc(I)c1I. The quantitative estimate of drug-likeness (QED) is 0.0612. The molecule has 0 bridgehead atoms. The maximum absolute atomic E-state index is 13.3. The summed E-state index contributed by atoms with van der Waals surface area (Å²) >= 11 is 6.56. The second-order valence-electron chi connectivity index (χ2n) is 9.38. The molecule has 4 aromatic rings. The zero-order valence-electron chi connectivity index (χ0n) is 21.4. The van der Waals surface area contributed by atoms with E-state index in [1.54, 1.807) is 0 Å². The Bertz CT molecular complexity index is 1440. The molecule has 2 atom stereocenters. The van der Waals surface area contributed by atoms with Crippen molar-refractivity contribution in [2.45, 2.75) is 46.5 Å². The van der Waals surface area contributed by atoms with Crippen molar-refractivity contribution in [3.8, 4) is 5.75 Å². The van der Waals surface area contributed by atoms with Gasteiger partial charge < -0.3 is 9.47 Å². The van der Waals surface area contributed by atoms with Gasteiger partial charge in [0, 0.05) is 10.7 Å². The Morgan fingerprint density at radius 3 is 1.85 bits per heavy atom. The minimum Gasteiger partial charge on any atom is -0.458 e. The van der Waals surface area contributed by atoms with Gasteiger partial charge in [-0.3, -0.25) is 4.79 Å². The molecule has 4 aromatic carbocycles. The van der Waals surface area contributed by atoms with Crippen molar-refractivity contribution in [1.29, 1.82) is 0 Å². The topological polar surface area (TPSA) is 52.6 Å². The van der Waals surface area contributed by atoms with Gasteiger partial charge in [0.05, 0.1) is 22.4 Å². The number of ether oxygens (including phenoxy) is 2. The Balaban J connectivity index is 1.31. The summed E-state index contributed by atoms with van der Waals surface area (Å²) in [4.78, 5) is 30.1. The third-order valence-corrected chi connectivity index (χ3v) is 12.9. The number of hydrogen-bond donors (Lipinski definition) is 0. The smallest absolute Gasteiger partial charge is 0.340 e. The summed E-state index contributed by atoms with van der Waals surface area (Å²) in [6.07, 6.45) is 2.61. The van der Waals surface area contributed by atoms with Crippen molar-refractivity contribution < 1.29 is 19.1 Å². The molecule has 0 heterocycles. The van der Waals surface area contributed by atoms with Gasteiger partial charge in [0.25, 0.3) is 0 Å². The molecule has 0 aliphatic heterocycles. The second kappa shape index (κ2) is 14.0. The fourth-order valence-electron chi connectivity index (χ4n) is 4.78. The summed E-state index contributed by atoms with van der Waals surface area (Å²) in [6, 6.07) is 32.5. The number of benzene rings is 4. The van der Waals surface area contributed by atoms with Crippen LogP contribution in [-0.4, -0.2) is 18.0 Å². The van der Waals surface area contributed by atoms with Crippen LogP contribution in [0.25, 0.3) is 0 Å². The zero-order valence-corrected chi connectivity index (χ0v) is 28.7. The number of hydrogen-bond acceptors (Lipinski definition) is 4. The van der Waals surface area contributed by atoms with E-state index in [-0.39, 0.29) is 22.8 Å². The van der Waals surface area contributed by atoms with Crippen LogP contribution in [0.2, 0.25) is 0 Å². The van der Waals surface area contributed by atoms with Crippen LogP contribution in [0.4, 0.5) is 0 Å². The predicted octanol–water partition coefficient (Wildman–Crippen LogP) is 8.92. The van der Waals surface area contributed by atoms with E-state index in [9.17, 15) is 9.59 Å². The Labute approximate surface area is 278 Å². The van der Waals surface area contributed by atoms with Crippen LogP contribution in [0.5, 0.6) is 5.75 Å². The zero-order chi connectivity index (χ0) is 28.1. The average Bonchev–Trinajstić information content (AvgIpc) is 2.98. The summed E-state index contributed by atoms with van der Waals surface area (Å²) in [5, 5.41) is 0. The van der Waals surface area contributed by atoms with Gasteiger partial charge in [0.2, 0.25) is 0 Å². The minimum absolute atomic E-state index is 0.276. The van der Waals surface area contributed by atoms with Crippen LogP contribution in [-0.2, 0) is 20.4 Å². The van der Waals surface area contributed by atoms with Gasteiger partial charge in [0.1, 0.15) is 11.9 Å². The van der Waals surface area contributed by atoms with Crippen LogP contribution in [0.15, 0.2) is 112 Å². The Morgan fingerprint density at radius 1 is 0.675 bits per heavy atom. The van der Waals surface area contributed by atoms with E-state index in [0.29, 0.717) is 24.2 Å². The molecule has 8 heteroatoms. The Hall–Kier alpha value is -1.64. The molecular formula is C32H26I3O4S+. The molecule has 0 spiro atoms. The summed E-state index contributed by atoms with van der Waals surface area (Å²) in [6.45, 7) is 0. The third-order valence-electron chi connectivity index (χ3n) is 6.75. The standard InChI is InChI=1S/C32H26I3O4S/c33-26-19-20-27(34)30(35)29(26)32(37)39-28-14-8-7-13-25(28)31(36)38-21-15-17-24(18-16-21)40(22-9-3-1-4-10-22)23-11-5-2-6-12-23/h1-6,9-12,15-20,25,28H,7-8,13-14H2/q+1. The van der Waals surface area contributed by atoms with E-state index >= 15 is 0 Å². The van der Waals surface area contributed by atoms with Gasteiger partial charge >= 0.3 is 11.9 Å². The lowest BCUT2D eigenvalue weighted by Gasteiger charge is -2.29. The Kier molecular flexibility index (Phi) is 10.5. The van der Waals surface area contributed by atoms with E-state index in [4.69, 9.17) is 9.47 Å². The van der Waals surface area contributed by atoms with Crippen LogP contribution in [0.3, 0.4) is 0 Å². The lowest BCUT2D eigenvalue weighted by Crippen LogP contribution is -2.37. The minimum atomic E-state index is -0.500. The molecule has 1 aliphatic carbocycles. The third kappa shape index (κ3) is 7.04. The molecule has 4 nitrogen and oxygen atoms in total. The van der Waals surface area contributed by atoms with Crippen LogP contribution in [0, 0.1) is 16.6 Å². The van der Waals surface area contributed by atoms with Gasteiger partial charge in [-0.2, -0.15) is 0 Å². The molecule has 2 unspecified atom stereocenters. The highest BCUT2D eigenvalue weighted by Gasteiger charge is 2.36. The highest BCUT2D eigenvalue weighted by Crippen LogP contribution is 2.34. The first kappa shape index (κ1) is 29.8. The monoisotopic (exact) mass is 887 g/mol. The summed E-state index contributed by atoms with van der Waals surface area (Å²) in [7, 11) is -0.276. The molecule has 0 amide bonds. The molecule has 0 aromatic heterocycles. The summed E-state index contributed by atoms with van der Waals surface area (Å²) in [5.41, 5.74) is 0.564. The first-order valence-electron chi connectivity index (χ1n) is 12.9. The fourth-order valence-corrected chi connectivity index (χ4v) is 9.18. The summed E-state index contributed by atoms with van der Waals surface area (Å²) in [5.74, 6) is -0.716. The van der Waals surface area contributed by atoms with Crippen LogP contribution >= 0.6 is 67.8 Å². The van der Waals surface area contributed by atoms with Crippen molar-refractivity contribution in [2.75, 3.05) is 0 Å². The predicted molar refractivity (Wildman–Crippen MR) is 183 cm³/mol. The van der Waals surface area contributed by atoms with Crippen molar-refractivity contribution in [3.63, 3.8) is 0 Å². The molecule has 1 saturated carbocycles. The van der Waals surface area contributed by atoms with E-state index in [2.05, 4.69) is 116 Å². The van der Waals surface area contributed by atoms with E-state index in [0.717, 1.165) is 28.4 Å². The molecule has 0 radical (unpaired) electrons. The summed E-state index contributed by atoms with van der Waals surface area (Å²) < 4.78 is 14.5. The normalized spacial score (nSPS) is 16.9. The maximum Gasteiger partial charge on any atom is 0.340 e.